The molecule has 0 unspecified atom stereocenters. The maximum absolute atomic E-state index is 5.98. The van der Waals surface area contributed by atoms with Crippen LogP contribution >= 0.6 is 0 Å². The van der Waals surface area contributed by atoms with Gasteiger partial charge in [-0.25, -0.2) is 4.98 Å². The summed E-state index contributed by atoms with van der Waals surface area (Å²) in [6, 6.07) is 19.3. The van der Waals surface area contributed by atoms with Crippen molar-refractivity contribution in [2.24, 2.45) is 0 Å². The highest BCUT2D eigenvalue weighted by molar-refractivity contribution is 5.63. The standard InChI is InChI=1S/C21H25N5O/c1-26(2)16-8-14-22-20-13-15-23-21(25-20)24-18-11-6-7-12-19(18)27-17-9-4-3-5-10-17/h3-7,9-13,15H,8,14,16H2,1-2H3,(H2,22,23,24,25). The summed E-state index contributed by atoms with van der Waals surface area (Å²) in [5.74, 6) is 2.82. The van der Waals surface area contributed by atoms with Gasteiger partial charge in [0.25, 0.3) is 0 Å². The Morgan fingerprint density at radius 1 is 0.963 bits per heavy atom. The number of ether oxygens (including phenoxy) is 1. The normalized spacial score (nSPS) is 10.6. The number of aromatic nitrogens is 2. The Balaban J connectivity index is 1.66. The van der Waals surface area contributed by atoms with Crippen LogP contribution in [0.3, 0.4) is 0 Å². The van der Waals surface area contributed by atoms with Crippen molar-refractivity contribution in [1.29, 1.82) is 0 Å². The van der Waals surface area contributed by atoms with Crippen molar-refractivity contribution in [3.05, 3.63) is 66.9 Å². The first-order chi connectivity index (χ1) is 13.2. The second-order valence-corrected chi connectivity index (χ2v) is 6.39. The van der Waals surface area contributed by atoms with Crippen molar-refractivity contribution in [3.63, 3.8) is 0 Å². The number of anilines is 3. The molecule has 0 fully saturated rings. The van der Waals surface area contributed by atoms with Crippen LogP contribution < -0.4 is 15.4 Å². The van der Waals surface area contributed by atoms with E-state index in [9.17, 15) is 0 Å². The Morgan fingerprint density at radius 2 is 1.74 bits per heavy atom. The molecule has 0 bridgehead atoms. The molecular formula is C21H25N5O. The Morgan fingerprint density at radius 3 is 2.56 bits per heavy atom. The van der Waals surface area contributed by atoms with Crippen molar-refractivity contribution in [3.8, 4) is 11.5 Å². The van der Waals surface area contributed by atoms with E-state index >= 15 is 0 Å². The monoisotopic (exact) mass is 363 g/mol. The molecule has 0 aliphatic rings. The molecule has 0 aliphatic heterocycles. The maximum atomic E-state index is 5.98. The summed E-state index contributed by atoms with van der Waals surface area (Å²) in [6.45, 7) is 1.90. The number of hydrogen-bond donors (Lipinski definition) is 2. The number of nitrogens with zero attached hydrogens (tertiary/aromatic N) is 3. The molecule has 2 aromatic carbocycles. The molecule has 140 valence electrons. The number of rotatable bonds is 9. The van der Waals surface area contributed by atoms with Crippen LogP contribution in [-0.4, -0.2) is 42.1 Å². The topological polar surface area (TPSA) is 62.3 Å². The number of benzene rings is 2. The summed E-state index contributed by atoms with van der Waals surface area (Å²) in [6.07, 6.45) is 2.79. The van der Waals surface area contributed by atoms with Crippen molar-refractivity contribution >= 4 is 17.5 Å². The van der Waals surface area contributed by atoms with E-state index in [-0.39, 0.29) is 0 Å². The van der Waals surface area contributed by atoms with Crippen LogP contribution in [-0.2, 0) is 0 Å². The van der Waals surface area contributed by atoms with E-state index in [1.54, 1.807) is 6.20 Å². The fraction of sp³-hybridized carbons (Fsp3) is 0.238. The van der Waals surface area contributed by atoms with Gasteiger partial charge in [0.05, 0.1) is 5.69 Å². The fourth-order valence-electron chi connectivity index (χ4n) is 2.52. The predicted octanol–water partition coefficient (Wildman–Crippen LogP) is 4.38. The van der Waals surface area contributed by atoms with Crippen molar-refractivity contribution in [2.45, 2.75) is 6.42 Å². The summed E-state index contributed by atoms with van der Waals surface area (Å²) >= 11 is 0. The zero-order chi connectivity index (χ0) is 18.9. The third-order valence-corrected chi connectivity index (χ3v) is 3.85. The summed E-state index contributed by atoms with van der Waals surface area (Å²) in [4.78, 5) is 11.0. The van der Waals surface area contributed by atoms with E-state index in [2.05, 4.69) is 39.6 Å². The average Bonchev–Trinajstić information content (AvgIpc) is 2.68. The second-order valence-electron chi connectivity index (χ2n) is 6.39. The molecule has 0 amide bonds. The Hall–Kier alpha value is -3.12. The van der Waals surface area contributed by atoms with Gasteiger partial charge in [0.1, 0.15) is 11.6 Å². The SMILES string of the molecule is CN(C)CCCNc1ccnc(Nc2ccccc2Oc2ccccc2)n1. The predicted molar refractivity (Wildman–Crippen MR) is 110 cm³/mol. The summed E-state index contributed by atoms with van der Waals surface area (Å²) in [5, 5.41) is 6.58. The quantitative estimate of drug-likeness (QED) is 0.550. The lowest BCUT2D eigenvalue weighted by atomic mass is 10.3. The van der Waals surface area contributed by atoms with Crippen LogP contribution in [0.5, 0.6) is 11.5 Å². The lowest BCUT2D eigenvalue weighted by molar-refractivity contribution is 0.405. The van der Waals surface area contributed by atoms with Crippen LogP contribution in [0.1, 0.15) is 6.42 Å². The molecule has 0 atom stereocenters. The first-order valence-corrected chi connectivity index (χ1v) is 9.01. The molecule has 1 heterocycles. The molecule has 1 aromatic heterocycles. The lowest BCUT2D eigenvalue weighted by Gasteiger charge is -2.13. The van der Waals surface area contributed by atoms with Crippen LogP contribution in [0.15, 0.2) is 66.9 Å². The van der Waals surface area contributed by atoms with E-state index < -0.39 is 0 Å². The van der Waals surface area contributed by atoms with Gasteiger partial charge in [-0.15, -0.1) is 0 Å². The molecule has 0 aliphatic carbocycles. The Labute approximate surface area is 160 Å². The van der Waals surface area contributed by atoms with Gasteiger partial charge in [0.15, 0.2) is 5.75 Å². The van der Waals surface area contributed by atoms with Gasteiger partial charge in [-0.1, -0.05) is 30.3 Å². The van der Waals surface area contributed by atoms with Gasteiger partial charge in [-0.2, -0.15) is 4.98 Å². The third-order valence-electron chi connectivity index (χ3n) is 3.85. The number of nitrogens with one attached hydrogen (secondary N) is 2. The summed E-state index contributed by atoms with van der Waals surface area (Å²) in [5.41, 5.74) is 0.811. The molecule has 3 aromatic rings. The minimum Gasteiger partial charge on any atom is -0.455 e. The first-order valence-electron chi connectivity index (χ1n) is 9.01. The number of hydrogen-bond acceptors (Lipinski definition) is 6. The second kappa shape index (κ2) is 9.54. The zero-order valence-corrected chi connectivity index (χ0v) is 15.7. The van der Waals surface area contributed by atoms with Crippen LogP contribution in [0.2, 0.25) is 0 Å². The van der Waals surface area contributed by atoms with E-state index in [0.29, 0.717) is 5.95 Å². The molecule has 0 saturated carbocycles. The van der Waals surface area contributed by atoms with E-state index in [4.69, 9.17) is 4.74 Å². The molecule has 2 N–H and O–H groups in total. The lowest BCUT2D eigenvalue weighted by Crippen LogP contribution is -2.16. The highest BCUT2D eigenvalue weighted by atomic mass is 16.5. The first kappa shape index (κ1) is 18.7. The molecule has 0 saturated heterocycles. The largest absolute Gasteiger partial charge is 0.455 e. The van der Waals surface area contributed by atoms with E-state index in [1.807, 2.05) is 60.7 Å². The third kappa shape index (κ3) is 5.97. The van der Waals surface area contributed by atoms with Gasteiger partial charge in [-0.3, -0.25) is 0 Å². The van der Waals surface area contributed by atoms with Gasteiger partial charge in [0, 0.05) is 12.7 Å². The minimum absolute atomic E-state index is 0.525. The average molecular weight is 363 g/mol. The minimum atomic E-state index is 0.525. The van der Waals surface area contributed by atoms with E-state index in [1.165, 1.54) is 0 Å². The van der Waals surface area contributed by atoms with Crippen molar-refractivity contribution in [1.82, 2.24) is 14.9 Å². The number of para-hydroxylation sites is 3. The molecule has 0 radical (unpaired) electrons. The molecule has 27 heavy (non-hydrogen) atoms. The van der Waals surface area contributed by atoms with Gasteiger partial charge in [0.2, 0.25) is 5.95 Å². The zero-order valence-electron chi connectivity index (χ0n) is 15.7. The van der Waals surface area contributed by atoms with Gasteiger partial charge < -0.3 is 20.3 Å². The van der Waals surface area contributed by atoms with Crippen LogP contribution in [0.4, 0.5) is 17.5 Å². The molecule has 3 rings (SSSR count). The van der Waals surface area contributed by atoms with E-state index in [0.717, 1.165) is 42.5 Å². The summed E-state index contributed by atoms with van der Waals surface area (Å²) in [7, 11) is 4.14. The highest BCUT2D eigenvalue weighted by Gasteiger charge is 2.07. The highest BCUT2D eigenvalue weighted by Crippen LogP contribution is 2.30. The van der Waals surface area contributed by atoms with Crippen molar-refractivity contribution < 1.29 is 4.74 Å². The molecule has 6 nitrogen and oxygen atoms in total. The molecule has 6 heteroatoms. The smallest absolute Gasteiger partial charge is 0.229 e. The van der Waals surface area contributed by atoms with Gasteiger partial charge in [-0.05, 0) is 57.4 Å². The summed E-state index contributed by atoms with van der Waals surface area (Å²) < 4.78 is 5.98. The van der Waals surface area contributed by atoms with Crippen LogP contribution in [0.25, 0.3) is 0 Å². The Kier molecular flexibility index (Phi) is 6.60. The molecule has 0 spiro atoms. The Bertz CT molecular complexity index is 839. The maximum Gasteiger partial charge on any atom is 0.229 e. The van der Waals surface area contributed by atoms with Crippen molar-refractivity contribution in [2.75, 3.05) is 37.8 Å². The fourth-order valence-corrected chi connectivity index (χ4v) is 2.52. The molecular weight excluding hydrogens is 338 g/mol. The van der Waals surface area contributed by atoms with Crippen LogP contribution in [0, 0.1) is 0 Å². The van der Waals surface area contributed by atoms with Gasteiger partial charge >= 0.3 is 0 Å².